The third-order valence-corrected chi connectivity index (χ3v) is 11.5. The molecule has 9 rings (SSSR count). The van der Waals surface area contributed by atoms with Gasteiger partial charge in [0, 0.05) is 45.3 Å². The van der Waals surface area contributed by atoms with Gasteiger partial charge in [-0.2, -0.15) is 5.26 Å². The number of rotatable bonds is 5. The largest absolute Gasteiger partial charge is 0.454 e. The van der Waals surface area contributed by atoms with Crippen LogP contribution >= 0.6 is 0 Å². The molecule has 1 aliphatic rings. The average Bonchev–Trinajstić information content (AvgIpc) is 3.82. The molecule has 0 N–H and O–H groups in total. The fourth-order valence-electron chi connectivity index (χ4n) is 7.23. The van der Waals surface area contributed by atoms with Gasteiger partial charge in [-0.25, -0.2) is 8.42 Å². The Morgan fingerprint density at radius 1 is 0.700 bits per heavy atom. The second-order valence-corrected chi connectivity index (χ2v) is 14.5. The number of benzene rings is 6. The van der Waals surface area contributed by atoms with Crippen LogP contribution in [0.25, 0.3) is 50.2 Å². The van der Waals surface area contributed by atoms with Crippen LogP contribution in [-0.2, 0) is 9.84 Å². The van der Waals surface area contributed by atoms with Crippen LogP contribution in [-0.4, -0.2) is 19.5 Å². The summed E-state index contributed by atoms with van der Waals surface area (Å²) in [5.74, 6) is 0. The first-order valence-electron chi connectivity index (χ1n) is 16.4. The topological polar surface area (TPSA) is 79.2 Å². The van der Waals surface area contributed by atoms with Crippen LogP contribution < -0.4 is 4.90 Å². The normalized spacial score (nSPS) is 13.8. The van der Waals surface area contributed by atoms with E-state index in [0.29, 0.717) is 12.1 Å². The molecule has 8 aromatic rings. The summed E-state index contributed by atoms with van der Waals surface area (Å²) in [6.07, 6.45) is 2.27. The van der Waals surface area contributed by atoms with E-state index in [-0.39, 0.29) is 9.79 Å². The third-order valence-electron chi connectivity index (χ3n) is 9.72. The Balaban J connectivity index is 1.26. The summed E-state index contributed by atoms with van der Waals surface area (Å²) in [5, 5.41) is 12.3. The molecule has 6 aromatic carbocycles. The molecule has 1 aliphatic heterocycles. The van der Waals surface area contributed by atoms with Crippen molar-refractivity contribution in [2.24, 2.45) is 0 Å². The molecule has 0 amide bonds. The molecular weight excluding hydrogens is 639 g/mol. The molecule has 0 saturated heterocycles. The monoisotopic (exact) mass is 667 g/mol. The van der Waals surface area contributed by atoms with Crippen LogP contribution in [0.5, 0.6) is 0 Å². The Labute approximate surface area is 289 Å². The maximum Gasteiger partial charge on any atom is 0.206 e. The van der Waals surface area contributed by atoms with E-state index in [1.165, 1.54) is 35.4 Å². The van der Waals surface area contributed by atoms with Crippen molar-refractivity contribution in [3.63, 3.8) is 0 Å². The molecule has 0 radical (unpaired) electrons. The number of nitrogens with zero attached hydrogens (tertiary/aromatic N) is 3. The minimum absolute atomic E-state index is 0.142. The van der Waals surface area contributed by atoms with Crippen molar-refractivity contribution < 1.29 is 12.8 Å². The number of aromatic nitrogens is 1. The lowest BCUT2D eigenvalue weighted by Crippen LogP contribution is -2.12. The van der Waals surface area contributed by atoms with E-state index in [2.05, 4.69) is 89.2 Å². The van der Waals surface area contributed by atoms with Crippen molar-refractivity contribution in [2.45, 2.75) is 16.7 Å². The fourth-order valence-corrected chi connectivity index (χ4v) is 8.49. The zero-order valence-corrected chi connectivity index (χ0v) is 27.9. The fraction of sp³-hybridized carbons (Fsp3) is 0.0465. The van der Waals surface area contributed by atoms with Crippen LogP contribution in [0.15, 0.2) is 154 Å². The van der Waals surface area contributed by atoms with E-state index >= 15 is 0 Å². The summed E-state index contributed by atoms with van der Waals surface area (Å²) in [6, 6.07) is 46.3. The number of aryl methyl sites for hydroxylation is 1. The van der Waals surface area contributed by atoms with Gasteiger partial charge in [0.15, 0.2) is 5.58 Å². The van der Waals surface area contributed by atoms with Gasteiger partial charge < -0.3 is 13.9 Å². The summed E-state index contributed by atoms with van der Waals surface area (Å²) in [4.78, 5) is 2.66. The Morgan fingerprint density at radius 3 is 2.12 bits per heavy atom. The first kappa shape index (κ1) is 29.8. The highest BCUT2D eigenvalue weighted by Gasteiger charge is 2.27. The zero-order valence-electron chi connectivity index (χ0n) is 27.0. The lowest BCUT2D eigenvalue weighted by Gasteiger charge is -2.19. The minimum Gasteiger partial charge on any atom is -0.454 e. The SMILES string of the molecule is Cc1c(/C=C2\CN(c3ccccc3)c3ccccc32)n(-c2ccc(S(=O)(=O)c3ccc(C#N)cc3)cc2)c2c1ccc1c3ccccc3oc12. The number of nitriles is 1. The standard InChI is InChI=1S/C43H29N3O3S/c1-28-35-23-24-38-37-12-6-8-14-41(37)49-43(38)42(35)46(32-17-21-34(22-18-32)50(47,48)33-19-15-29(26-44)16-20-33)40(28)25-30-27-45(31-9-3-2-4-10-31)39-13-7-5-11-36(30)39/h2-25H,27H2,1H3/b30-25+. The van der Waals surface area contributed by atoms with Gasteiger partial charge in [0.1, 0.15) is 5.58 Å². The molecule has 0 aliphatic carbocycles. The van der Waals surface area contributed by atoms with Gasteiger partial charge in [-0.05, 0) is 103 Å². The van der Waals surface area contributed by atoms with Crippen molar-refractivity contribution in [3.05, 3.63) is 162 Å². The summed E-state index contributed by atoms with van der Waals surface area (Å²) < 4.78 is 36.0. The number of fused-ring (bicyclic) bond motifs is 6. The number of hydrogen-bond acceptors (Lipinski definition) is 5. The molecule has 0 saturated carbocycles. The van der Waals surface area contributed by atoms with Crippen LogP contribution in [0.3, 0.4) is 0 Å². The Hall–Kier alpha value is -6.36. The predicted molar refractivity (Wildman–Crippen MR) is 200 cm³/mol. The molecule has 6 nitrogen and oxygen atoms in total. The maximum atomic E-state index is 13.6. The highest BCUT2D eigenvalue weighted by molar-refractivity contribution is 7.91. The summed E-state index contributed by atoms with van der Waals surface area (Å²) in [7, 11) is -3.80. The highest BCUT2D eigenvalue weighted by Crippen LogP contribution is 2.44. The van der Waals surface area contributed by atoms with Crippen molar-refractivity contribution in [1.82, 2.24) is 4.57 Å². The van der Waals surface area contributed by atoms with Gasteiger partial charge in [0.25, 0.3) is 0 Å². The molecule has 2 aromatic heterocycles. The van der Waals surface area contributed by atoms with Crippen LogP contribution in [0.2, 0.25) is 0 Å². The van der Waals surface area contributed by atoms with E-state index in [0.717, 1.165) is 61.2 Å². The van der Waals surface area contributed by atoms with Crippen molar-refractivity contribution in [2.75, 3.05) is 11.4 Å². The Kier molecular flexibility index (Phi) is 6.77. The first-order chi connectivity index (χ1) is 24.4. The number of para-hydroxylation sites is 3. The molecule has 0 spiro atoms. The van der Waals surface area contributed by atoms with Gasteiger partial charge in [-0.15, -0.1) is 0 Å². The van der Waals surface area contributed by atoms with E-state index in [9.17, 15) is 13.7 Å². The first-order valence-corrected chi connectivity index (χ1v) is 17.8. The van der Waals surface area contributed by atoms with Gasteiger partial charge >= 0.3 is 0 Å². The number of sulfone groups is 1. The Morgan fingerprint density at radius 2 is 1.36 bits per heavy atom. The lowest BCUT2D eigenvalue weighted by molar-refractivity contribution is 0.596. The number of furan rings is 1. The quantitative estimate of drug-likeness (QED) is 0.183. The molecule has 50 heavy (non-hydrogen) atoms. The van der Waals surface area contributed by atoms with Crippen molar-refractivity contribution >= 4 is 65.7 Å². The van der Waals surface area contributed by atoms with Gasteiger partial charge in [-0.3, -0.25) is 0 Å². The molecule has 3 heterocycles. The minimum atomic E-state index is -3.80. The summed E-state index contributed by atoms with van der Waals surface area (Å²) in [6.45, 7) is 2.84. The van der Waals surface area contributed by atoms with Crippen molar-refractivity contribution in [1.29, 1.82) is 5.26 Å². The van der Waals surface area contributed by atoms with Gasteiger partial charge in [0.2, 0.25) is 9.84 Å². The molecule has 0 atom stereocenters. The van der Waals surface area contributed by atoms with E-state index in [1.54, 1.807) is 12.1 Å². The van der Waals surface area contributed by atoms with Gasteiger partial charge in [0.05, 0.1) is 32.6 Å². The predicted octanol–water partition coefficient (Wildman–Crippen LogP) is 10.2. The van der Waals surface area contributed by atoms with Crippen LogP contribution in [0.1, 0.15) is 22.4 Å². The molecule has 0 bridgehead atoms. The average molecular weight is 668 g/mol. The maximum absolute atomic E-state index is 13.6. The Bertz CT molecular complexity index is 2800. The van der Waals surface area contributed by atoms with E-state index in [4.69, 9.17) is 4.42 Å². The van der Waals surface area contributed by atoms with Crippen LogP contribution in [0, 0.1) is 18.3 Å². The molecule has 0 fully saturated rings. The highest BCUT2D eigenvalue weighted by atomic mass is 32.2. The van der Waals surface area contributed by atoms with Crippen molar-refractivity contribution in [3.8, 4) is 11.8 Å². The molecular formula is C43H29N3O3S. The summed E-state index contributed by atoms with van der Waals surface area (Å²) in [5.41, 5.74) is 10.5. The third kappa shape index (κ3) is 4.57. The van der Waals surface area contributed by atoms with Crippen LogP contribution in [0.4, 0.5) is 11.4 Å². The van der Waals surface area contributed by atoms with Gasteiger partial charge in [-0.1, -0.05) is 60.7 Å². The van der Waals surface area contributed by atoms with E-state index < -0.39 is 9.84 Å². The smallest absolute Gasteiger partial charge is 0.206 e. The van der Waals surface area contributed by atoms with E-state index in [1.807, 2.05) is 42.5 Å². The summed E-state index contributed by atoms with van der Waals surface area (Å²) >= 11 is 0. The molecule has 7 heteroatoms. The second kappa shape index (κ2) is 11.4. The second-order valence-electron chi connectivity index (χ2n) is 12.5. The number of anilines is 2. The molecule has 0 unspecified atom stereocenters. The lowest BCUT2D eigenvalue weighted by atomic mass is 10.0. The zero-order chi connectivity index (χ0) is 34.0. The number of hydrogen-bond donors (Lipinski definition) is 0. The molecule has 240 valence electrons.